The molecule has 0 unspecified atom stereocenters. The highest BCUT2D eigenvalue weighted by Gasteiger charge is 1.93. The number of nitrogens with one attached hydrogen (secondary N) is 2. The highest BCUT2D eigenvalue weighted by Crippen LogP contribution is 2.08. The SMILES string of the molecule is CCC(=N)Nc1ccc(C)cc1. The predicted molar refractivity (Wildman–Crippen MR) is 52.8 cm³/mol. The minimum absolute atomic E-state index is 0.554. The van der Waals surface area contributed by atoms with Crippen molar-refractivity contribution in [2.75, 3.05) is 5.32 Å². The Morgan fingerprint density at radius 1 is 1.33 bits per heavy atom. The van der Waals surface area contributed by atoms with E-state index >= 15 is 0 Å². The maximum Gasteiger partial charge on any atom is 0.0973 e. The van der Waals surface area contributed by atoms with E-state index in [1.54, 1.807) is 0 Å². The molecule has 2 heteroatoms. The van der Waals surface area contributed by atoms with Crippen LogP contribution in [0.5, 0.6) is 0 Å². The van der Waals surface area contributed by atoms with Gasteiger partial charge in [0.2, 0.25) is 0 Å². The summed E-state index contributed by atoms with van der Waals surface area (Å²) in [6, 6.07) is 8.04. The lowest BCUT2D eigenvalue weighted by Gasteiger charge is -2.05. The Morgan fingerprint density at radius 3 is 2.42 bits per heavy atom. The van der Waals surface area contributed by atoms with Gasteiger partial charge in [-0.3, -0.25) is 5.41 Å². The lowest BCUT2D eigenvalue weighted by Crippen LogP contribution is -2.08. The zero-order valence-corrected chi connectivity index (χ0v) is 7.52. The normalized spacial score (nSPS) is 9.50. The van der Waals surface area contributed by atoms with Crippen molar-refractivity contribution in [3.05, 3.63) is 29.8 Å². The standard InChI is InChI=1S/C10H14N2/c1-3-10(11)12-9-6-4-8(2)5-7-9/h4-7H,3H2,1-2H3,(H2,11,12). The largest absolute Gasteiger partial charge is 0.344 e. The van der Waals surface area contributed by atoms with Gasteiger partial charge in [-0.25, -0.2) is 0 Å². The first-order valence-electron chi connectivity index (χ1n) is 4.13. The summed E-state index contributed by atoms with van der Waals surface area (Å²) in [5.74, 6) is 0.554. The van der Waals surface area contributed by atoms with Crippen LogP contribution in [-0.2, 0) is 0 Å². The molecule has 1 rings (SSSR count). The number of anilines is 1. The van der Waals surface area contributed by atoms with Crippen molar-refractivity contribution >= 4 is 11.5 Å². The molecular weight excluding hydrogens is 148 g/mol. The molecule has 0 spiro atoms. The van der Waals surface area contributed by atoms with Gasteiger partial charge in [-0.1, -0.05) is 24.6 Å². The molecule has 1 aromatic carbocycles. The molecule has 0 saturated carbocycles. The average molecular weight is 162 g/mol. The lowest BCUT2D eigenvalue weighted by molar-refractivity contribution is 1.23. The third-order valence-electron chi connectivity index (χ3n) is 1.70. The topological polar surface area (TPSA) is 35.9 Å². The number of hydrogen-bond donors (Lipinski definition) is 2. The molecule has 64 valence electrons. The van der Waals surface area contributed by atoms with Crippen LogP contribution in [0.1, 0.15) is 18.9 Å². The first kappa shape index (κ1) is 8.78. The fraction of sp³-hybridized carbons (Fsp3) is 0.300. The molecule has 0 radical (unpaired) electrons. The molecule has 0 fully saturated rings. The van der Waals surface area contributed by atoms with Gasteiger partial charge in [0.25, 0.3) is 0 Å². The average Bonchev–Trinajstić information content (AvgIpc) is 2.09. The van der Waals surface area contributed by atoms with Crippen LogP contribution in [0, 0.1) is 12.3 Å². The molecule has 2 nitrogen and oxygen atoms in total. The number of hydrogen-bond acceptors (Lipinski definition) is 1. The summed E-state index contributed by atoms with van der Waals surface area (Å²) in [5, 5.41) is 10.4. The fourth-order valence-electron chi connectivity index (χ4n) is 0.900. The van der Waals surface area contributed by atoms with Gasteiger partial charge >= 0.3 is 0 Å². The maximum atomic E-state index is 7.42. The van der Waals surface area contributed by atoms with E-state index in [2.05, 4.69) is 12.2 Å². The Balaban J connectivity index is 2.64. The van der Waals surface area contributed by atoms with Crippen molar-refractivity contribution in [1.29, 1.82) is 5.41 Å². The molecule has 0 bridgehead atoms. The molecule has 12 heavy (non-hydrogen) atoms. The lowest BCUT2D eigenvalue weighted by atomic mass is 10.2. The molecule has 0 amide bonds. The number of rotatable bonds is 2. The quantitative estimate of drug-likeness (QED) is 0.509. The number of benzene rings is 1. The van der Waals surface area contributed by atoms with Gasteiger partial charge in [-0.05, 0) is 19.1 Å². The van der Waals surface area contributed by atoms with Gasteiger partial charge in [0, 0.05) is 12.1 Å². The van der Waals surface area contributed by atoms with E-state index in [1.807, 2.05) is 31.2 Å². The van der Waals surface area contributed by atoms with E-state index in [4.69, 9.17) is 5.41 Å². The van der Waals surface area contributed by atoms with Crippen LogP contribution in [-0.4, -0.2) is 5.84 Å². The fourth-order valence-corrected chi connectivity index (χ4v) is 0.900. The van der Waals surface area contributed by atoms with Gasteiger partial charge in [-0.15, -0.1) is 0 Å². The molecule has 0 heterocycles. The summed E-state index contributed by atoms with van der Waals surface area (Å²) in [5.41, 5.74) is 2.23. The molecule has 0 aliphatic heterocycles. The highest BCUT2D eigenvalue weighted by molar-refractivity contribution is 5.92. The Kier molecular flexibility index (Phi) is 2.86. The Hall–Kier alpha value is -1.31. The summed E-state index contributed by atoms with van der Waals surface area (Å²) < 4.78 is 0. The molecule has 1 aromatic rings. The van der Waals surface area contributed by atoms with Crippen molar-refractivity contribution in [1.82, 2.24) is 0 Å². The van der Waals surface area contributed by atoms with Crippen molar-refractivity contribution in [2.24, 2.45) is 0 Å². The molecular formula is C10H14N2. The zero-order chi connectivity index (χ0) is 8.97. The van der Waals surface area contributed by atoms with Crippen LogP contribution in [0.15, 0.2) is 24.3 Å². The molecule has 2 N–H and O–H groups in total. The Bertz CT molecular complexity index is 262. The molecule has 0 aliphatic carbocycles. The number of amidine groups is 1. The van der Waals surface area contributed by atoms with E-state index in [0.29, 0.717) is 5.84 Å². The maximum absolute atomic E-state index is 7.42. The first-order chi connectivity index (χ1) is 5.72. The van der Waals surface area contributed by atoms with Crippen LogP contribution in [0.25, 0.3) is 0 Å². The highest BCUT2D eigenvalue weighted by atomic mass is 14.9. The third-order valence-corrected chi connectivity index (χ3v) is 1.70. The monoisotopic (exact) mass is 162 g/mol. The van der Waals surface area contributed by atoms with E-state index in [0.717, 1.165) is 12.1 Å². The Labute approximate surface area is 73.1 Å². The van der Waals surface area contributed by atoms with E-state index in [-0.39, 0.29) is 0 Å². The molecule has 0 saturated heterocycles. The van der Waals surface area contributed by atoms with Crippen molar-refractivity contribution in [3.8, 4) is 0 Å². The third kappa shape index (κ3) is 2.38. The summed E-state index contributed by atoms with van der Waals surface area (Å²) in [6.07, 6.45) is 0.744. The van der Waals surface area contributed by atoms with Gasteiger partial charge in [0.1, 0.15) is 0 Å². The zero-order valence-electron chi connectivity index (χ0n) is 7.52. The summed E-state index contributed by atoms with van der Waals surface area (Å²) >= 11 is 0. The van der Waals surface area contributed by atoms with Crippen molar-refractivity contribution < 1.29 is 0 Å². The van der Waals surface area contributed by atoms with Crippen LogP contribution in [0.4, 0.5) is 5.69 Å². The molecule has 0 aromatic heterocycles. The van der Waals surface area contributed by atoms with Gasteiger partial charge in [0.05, 0.1) is 5.84 Å². The molecule has 0 atom stereocenters. The summed E-state index contributed by atoms with van der Waals surface area (Å²) in [6.45, 7) is 4.01. The predicted octanol–water partition coefficient (Wildman–Crippen LogP) is 2.79. The second kappa shape index (κ2) is 3.90. The minimum Gasteiger partial charge on any atom is -0.344 e. The van der Waals surface area contributed by atoms with E-state index < -0.39 is 0 Å². The van der Waals surface area contributed by atoms with Crippen LogP contribution >= 0.6 is 0 Å². The van der Waals surface area contributed by atoms with Gasteiger partial charge in [-0.2, -0.15) is 0 Å². The van der Waals surface area contributed by atoms with Crippen molar-refractivity contribution in [2.45, 2.75) is 20.3 Å². The van der Waals surface area contributed by atoms with Gasteiger partial charge < -0.3 is 5.32 Å². The summed E-state index contributed by atoms with van der Waals surface area (Å²) in [4.78, 5) is 0. The second-order valence-electron chi connectivity index (χ2n) is 2.82. The Morgan fingerprint density at radius 2 is 1.92 bits per heavy atom. The minimum atomic E-state index is 0.554. The van der Waals surface area contributed by atoms with Crippen LogP contribution < -0.4 is 5.32 Å². The van der Waals surface area contributed by atoms with E-state index in [9.17, 15) is 0 Å². The van der Waals surface area contributed by atoms with Crippen LogP contribution in [0.2, 0.25) is 0 Å². The first-order valence-corrected chi connectivity index (χ1v) is 4.13. The second-order valence-corrected chi connectivity index (χ2v) is 2.82. The van der Waals surface area contributed by atoms with Crippen LogP contribution in [0.3, 0.4) is 0 Å². The van der Waals surface area contributed by atoms with Gasteiger partial charge in [0.15, 0.2) is 0 Å². The number of aryl methyl sites for hydroxylation is 1. The van der Waals surface area contributed by atoms with E-state index in [1.165, 1.54) is 5.56 Å². The summed E-state index contributed by atoms with van der Waals surface area (Å²) in [7, 11) is 0. The smallest absolute Gasteiger partial charge is 0.0973 e. The molecule has 0 aliphatic rings. The van der Waals surface area contributed by atoms with Crippen molar-refractivity contribution in [3.63, 3.8) is 0 Å².